The first-order valence-corrected chi connectivity index (χ1v) is 7.67. The molecule has 0 atom stereocenters. The van der Waals surface area contributed by atoms with Crippen molar-refractivity contribution in [1.29, 1.82) is 0 Å². The van der Waals surface area contributed by atoms with E-state index < -0.39 is 0 Å². The number of aromatic nitrogens is 1. The number of rotatable bonds is 4. The number of nitrogens with zero attached hydrogens (tertiary/aromatic N) is 1. The van der Waals surface area contributed by atoms with Crippen LogP contribution in [-0.2, 0) is 6.54 Å². The highest BCUT2D eigenvalue weighted by atomic mass is 19.1. The molecular formula is C20H17FN2O. The second kappa shape index (κ2) is 7.04. The molecule has 1 heterocycles. The normalized spacial score (nSPS) is 10.4. The zero-order chi connectivity index (χ0) is 16.9. The maximum absolute atomic E-state index is 13.3. The van der Waals surface area contributed by atoms with E-state index in [1.807, 2.05) is 31.2 Å². The van der Waals surface area contributed by atoms with Gasteiger partial charge in [-0.15, -0.1) is 0 Å². The van der Waals surface area contributed by atoms with Gasteiger partial charge >= 0.3 is 0 Å². The van der Waals surface area contributed by atoms with Gasteiger partial charge in [-0.1, -0.05) is 42.0 Å². The molecule has 1 amide bonds. The van der Waals surface area contributed by atoms with Crippen molar-refractivity contribution >= 4 is 5.91 Å². The Morgan fingerprint density at radius 1 is 1.08 bits per heavy atom. The van der Waals surface area contributed by atoms with Crippen LogP contribution in [0.2, 0.25) is 0 Å². The van der Waals surface area contributed by atoms with Crippen LogP contribution in [0, 0.1) is 12.7 Å². The standard InChI is InChI=1S/C20H17FN2O/c1-14-5-7-15(8-6-14)12-23-20(24)17-9-10-19(22-13-17)16-3-2-4-18(21)11-16/h2-11,13H,12H2,1H3,(H,23,24). The molecule has 0 saturated carbocycles. The maximum Gasteiger partial charge on any atom is 0.253 e. The van der Waals surface area contributed by atoms with Crippen LogP contribution in [0.15, 0.2) is 66.9 Å². The first-order valence-electron chi connectivity index (χ1n) is 7.67. The zero-order valence-electron chi connectivity index (χ0n) is 13.3. The second-order valence-electron chi connectivity index (χ2n) is 5.61. The number of halogens is 1. The Bertz CT molecular complexity index is 842. The molecule has 0 radical (unpaired) electrons. The molecule has 0 spiro atoms. The SMILES string of the molecule is Cc1ccc(CNC(=O)c2ccc(-c3cccc(F)c3)nc2)cc1. The molecule has 3 rings (SSSR count). The fourth-order valence-electron chi connectivity index (χ4n) is 2.34. The summed E-state index contributed by atoms with van der Waals surface area (Å²) in [6.45, 7) is 2.49. The van der Waals surface area contributed by atoms with E-state index in [1.165, 1.54) is 23.9 Å². The number of nitrogens with one attached hydrogen (secondary N) is 1. The molecule has 0 fully saturated rings. The molecule has 0 saturated heterocycles. The van der Waals surface area contributed by atoms with E-state index >= 15 is 0 Å². The summed E-state index contributed by atoms with van der Waals surface area (Å²) in [6.07, 6.45) is 1.50. The van der Waals surface area contributed by atoms with Crippen LogP contribution in [-0.4, -0.2) is 10.9 Å². The highest BCUT2D eigenvalue weighted by molar-refractivity contribution is 5.94. The number of carbonyl (C=O) groups excluding carboxylic acids is 1. The number of hydrogen-bond donors (Lipinski definition) is 1. The molecule has 0 aliphatic rings. The van der Waals surface area contributed by atoms with Crippen molar-refractivity contribution in [2.45, 2.75) is 13.5 Å². The predicted octanol–water partition coefficient (Wildman–Crippen LogP) is 4.13. The van der Waals surface area contributed by atoms with Gasteiger partial charge in [-0.3, -0.25) is 9.78 Å². The molecule has 0 bridgehead atoms. The van der Waals surface area contributed by atoms with Gasteiger partial charge in [0.2, 0.25) is 0 Å². The minimum absolute atomic E-state index is 0.186. The molecule has 0 unspecified atom stereocenters. The smallest absolute Gasteiger partial charge is 0.253 e. The average Bonchev–Trinajstić information content (AvgIpc) is 2.61. The fraction of sp³-hybridized carbons (Fsp3) is 0.100. The van der Waals surface area contributed by atoms with Crippen LogP contribution < -0.4 is 5.32 Å². The lowest BCUT2D eigenvalue weighted by atomic mass is 10.1. The van der Waals surface area contributed by atoms with Gasteiger partial charge < -0.3 is 5.32 Å². The van der Waals surface area contributed by atoms with Crippen molar-refractivity contribution in [2.75, 3.05) is 0 Å². The Morgan fingerprint density at radius 2 is 1.88 bits per heavy atom. The lowest BCUT2D eigenvalue weighted by Crippen LogP contribution is -2.22. The topological polar surface area (TPSA) is 42.0 Å². The van der Waals surface area contributed by atoms with E-state index in [2.05, 4.69) is 10.3 Å². The number of pyridine rings is 1. The molecule has 120 valence electrons. The van der Waals surface area contributed by atoms with Gasteiger partial charge in [0.15, 0.2) is 0 Å². The molecule has 2 aromatic carbocycles. The largest absolute Gasteiger partial charge is 0.348 e. The van der Waals surface area contributed by atoms with E-state index in [4.69, 9.17) is 0 Å². The summed E-state index contributed by atoms with van der Waals surface area (Å²) >= 11 is 0. The summed E-state index contributed by atoms with van der Waals surface area (Å²) in [6, 6.07) is 17.6. The van der Waals surface area contributed by atoms with E-state index in [-0.39, 0.29) is 11.7 Å². The van der Waals surface area contributed by atoms with Crippen LogP contribution in [0.25, 0.3) is 11.3 Å². The van der Waals surface area contributed by atoms with Gasteiger partial charge in [-0.25, -0.2) is 4.39 Å². The van der Waals surface area contributed by atoms with Gasteiger partial charge in [-0.2, -0.15) is 0 Å². The van der Waals surface area contributed by atoms with Crippen LogP contribution >= 0.6 is 0 Å². The third-order valence-corrected chi connectivity index (χ3v) is 3.72. The number of aryl methyl sites for hydroxylation is 1. The van der Waals surface area contributed by atoms with Crippen molar-refractivity contribution in [3.05, 3.63) is 89.4 Å². The van der Waals surface area contributed by atoms with E-state index in [1.54, 1.807) is 24.3 Å². The van der Waals surface area contributed by atoms with Crippen LogP contribution in [0.3, 0.4) is 0 Å². The van der Waals surface area contributed by atoms with Crippen LogP contribution in [0.1, 0.15) is 21.5 Å². The summed E-state index contributed by atoms with van der Waals surface area (Å²) < 4.78 is 13.3. The Hall–Kier alpha value is -3.01. The third kappa shape index (κ3) is 3.84. The molecule has 0 aliphatic heterocycles. The van der Waals surface area contributed by atoms with Gasteiger partial charge in [0.25, 0.3) is 5.91 Å². The molecule has 1 aromatic heterocycles. The first-order chi connectivity index (χ1) is 11.6. The van der Waals surface area contributed by atoms with E-state index in [9.17, 15) is 9.18 Å². The van der Waals surface area contributed by atoms with E-state index in [0.717, 1.165) is 5.56 Å². The number of hydrogen-bond acceptors (Lipinski definition) is 2. The molecule has 4 heteroatoms. The van der Waals surface area contributed by atoms with E-state index in [0.29, 0.717) is 23.4 Å². The summed E-state index contributed by atoms with van der Waals surface area (Å²) in [7, 11) is 0. The Balaban J connectivity index is 1.66. The van der Waals surface area contributed by atoms with Crippen molar-refractivity contribution in [3.63, 3.8) is 0 Å². The molecule has 24 heavy (non-hydrogen) atoms. The minimum Gasteiger partial charge on any atom is -0.348 e. The van der Waals surface area contributed by atoms with Crippen molar-refractivity contribution in [2.24, 2.45) is 0 Å². The van der Waals surface area contributed by atoms with Crippen LogP contribution in [0.4, 0.5) is 4.39 Å². The highest BCUT2D eigenvalue weighted by Crippen LogP contribution is 2.18. The zero-order valence-corrected chi connectivity index (χ0v) is 13.3. The van der Waals surface area contributed by atoms with Gasteiger partial charge in [-0.05, 0) is 36.8 Å². The third-order valence-electron chi connectivity index (χ3n) is 3.72. The lowest BCUT2D eigenvalue weighted by molar-refractivity contribution is 0.0950. The van der Waals surface area contributed by atoms with Crippen molar-refractivity contribution in [1.82, 2.24) is 10.3 Å². The number of amides is 1. The summed E-state index contributed by atoms with van der Waals surface area (Å²) in [5.74, 6) is -0.497. The van der Waals surface area contributed by atoms with Gasteiger partial charge in [0.05, 0.1) is 11.3 Å². The number of benzene rings is 2. The molecule has 1 N–H and O–H groups in total. The minimum atomic E-state index is -0.311. The van der Waals surface area contributed by atoms with Gasteiger partial charge in [0, 0.05) is 18.3 Å². The molecule has 3 aromatic rings. The van der Waals surface area contributed by atoms with Crippen LogP contribution in [0.5, 0.6) is 0 Å². The fourth-order valence-corrected chi connectivity index (χ4v) is 2.34. The average molecular weight is 320 g/mol. The predicted molar refractivity (Wildman–Crippen MR) is 92.0 cm³/mol. The quantitative estimate of drug-likeness (QED) is 0.785. The lowest BCUT2D eigenvalue weighted by Gasteiger charge is -2.07. The monoisotopic (exact) mass is 320 g/mol. The van der Waals surface area contributed by atoms with Gasteiger partial charge in [0.1, 0.15) is 5.82 Å². The molecular weight excluding hydrogens is 303 g/mol. The Morgan fingerprint density at radius 3 is 2.54 bits per heavy atom. The van der Waals surface area contributed by atoms with Crippen molar-refractivity contribution in [3.8, 4) is 11.3 Å². The first kappa shape index (κ1) is 15.9. The Kier molecular flexibility index (Phi) is 4.66. The number of carbonyl (C=O) groups is 1. The summed E-state index contributed by atoms with van der Waals surface area (Å²) in [4.78, 5) is 16.4. The second-order valence-corrected chi connectivity index (χ2v) is 5.61. The highest BCUT2D eigenvalue weighted by Gasteiger charge is 2.07. The summed E-state index contributed by atoms with van der Waals surface area (Å²) in [5, 5.41) is 2.86. The molecule has 0 aliphatic carbocycles. The van der Waals surface area contributed by atoms with Crippen molar-refractivity contribution < 1.29 is 9.18 Å². The molecule has 3 nitrogen and oxygen atoms in total. The summed E-state index contributed by atoms with van der Waals surface area (Å²) in [5.41, 5.74) is 4.01. The Labute approximate surface area is 140 Å². The maximum atomic E-state index is 13.3.